The molecule has 1 aliphatic heterocycles. The third kappa shape index (κ3) is 7.55. The Hall–Kier alpha value is -4.87. The number of halogens is 4. The van der Waals surface area contributed by atoms with E-state index in [0.29, 0.717) is 61.2 Å². The fourth-order valence-electron chi connectivity index (χ4n) is 4.76. The van der Waals surface area contributed by atoms with Crippen LogP contribution in [-0.4, -0.2) is 62.6 Å². The summed E-state index contributed by atoms with van der Waals surface area (Å²) in [5.41, 5.74) is 1.64. The Morgan fingerprint density at radius 3 is 2.30 bits per heavy atom. The van der Waals surface area contributed by atoms with Crippen molar-refractivity contribution in [2.75, 3.05) is 39.9 Å². The lowest BCUT2D eigenvalue weighted by Gasteiger charge is -2.27. The van der Waals surface area contributed by atoms with Gasteiger partial charge in [0.05, 0.1) is 36.8 Å². The molecule has 1 aliphatic rings. The lowest BCUT2D eigenvalue weighted by Crippen LogP contribution is -2.29. The summed E-state index contributed by atoms with van der Waals surface area (Å²) in [5, 5.41) is 5.52. The van der Waals surface area contributed by atoms with Gasteiger partial charge in [-0.05, 0) is 53.6 Å². The molecular weight excluding hydrogens is 580 g/mol. The molecule has 0 N–H and O–H groups in total. The van der Waals surface area contributed by atoms with Gasteiger partial charge in [-0.3, -0.25) is 14.6 Å². The van der Waals surface area contributed by atoms with Crippen LogP contribution in [0.2, 0.25) is 0 Å². The first-order valence-corrected chi connectivity index (χ1v) is 13.6. The van der Waals surface area contributed by atoms with Gasteiger partial charge in [-0.2, -0.15) is 18.3 Å². The first kappa shape index (κ1) is 32.1. The van der Waals surface area contributed by atoms with Crippen LogP contribution < -0.4 is 14.5 Å². The van der Waals surface area contributed by atoms with Crippen LogP contribution in [0.25, 0.3) is 0 Å². The molecule has 0 radical (unpaired) electrons. The van der Waals surface area contributed by atoms with E-state index in [0.717, 1.165) is 17.2 Å². The average molecular weight is 613 g/mol. The summed E-state index contributed by atoms with van der Waals surface area (Å²) in [4.78, 5) is 28.4. The highest BCUT2D eigenvalue weighted by atomic mass is 19.4. The predicted molar refractivity (Wildman–Crippen MR) is 158 cm³/mol. The molecule has 12 heteroatoms. The number of carbonyl (C=O) groups is 2. The minimum absolute atomic E-state index is 0.0305. The average Bonchev–Trinajstić information content (AvgIpc) is 3.01. The largest absolute Gasteiger partial charge is 0.493 e. The van der Waals surface area contributed by atoms with Crippen molar-refractivity contribution in [1.82, 2.24) is 9.80 Å². The number of hydrogen-bond acceptors (Lipinski definition) is 7. The number of carbonyl (C=O) groups excluding carboxylic acids is 2. The summed E-state index contributed by atoms with van der Waals surface area (Å²) in [5.74, 6) is -0.338. The topological polar surface area (TPSA) is 74.7 Å². The fourth-order valence-corrected chi connectivity index (χ4v) is 4.76. The smallest absolute Gasteiger partial charge is 0.419 e. The summed E-state index contributed by atoms with van der Waals surface area (Å²) >= 11 is 0. The van der Waals surface area contributed by atoms with Crippen LogP contribution in [0.1, 0.15) is 33.5 Å². The summed E-state index contributed by atoms with van der Waals surface area (Å²) in [6.45, 7) is 1.33. The van der Waals surface area contributed by atoms with Crippen molar-refractivity contribution >= 4 is 23.6 Å². The van der Waals surface area contributed by atoms with Crippen molar-refractivity contribution in [1.29, 1.82) is 0 Å². The third-order valence-corrected chi connectivity index (χ3v) is 7.12. The van der Waals surface area contributed by atoms with Crippen LogP contribution in [0, 0.1) is 5.82 Å². The molecule has 1 heterocycles. The van der Waals surface area contributed by atoms with Crippen molar-refractivity contribution in [3.05, 3.63) is 101 Å². The number of methoxy groups -OCH3 is 2. The van der Waals surface area contributed by atoms with Crippen molar-refractivity contribution in [3.8, 4) is 11.5 Å². The van der Waals surface area contributed by atoms with Crippen molar-refractivity contribution in [2.24, 2.45) is 5.10 Å². The molecule has 3 aromatic rings. The van der Waals surface area contributed by atoms with Crippen LogP contribution in [0.3, 0.4) is 0 Å². The number of amides is 1. The van der Waals surface area contributed by atoms with Gasteiger partial charge in [-0.1, -0.05) is 18.2 Å². The quantitative estimate of drug-likeness (QED) is 0.161. The Morgan fingerprint density at radius 2 is 1.66 bits per heavy atom. The number of nitrogens with zero attached hydrogens (tertiary/aromatic N) is 4. The molecule has 0 fully saturated rings. The summed E-state index contributed by atoms with van der Waals surface area (Å²) in [6.07, 6.45) is -2.20. The van der Waals surface area contributed by atoms with Gasteiger partial charge in [0.25, 0.3) is 5.91 Å². The normalized spacial score (nSPS) is 14.2. The van der Waals surface area contributed by atoms with Crippen LogP contribution >= 0.6 is 0 Å². The highest BCUT2D eigenvalue weighted by molar-refractivity contribution is 6.15. The SMILES string of the molecule is COc1ccc(CN(C)C(=O)c2ccc(CN3C=C(C=O)/C(=N\N(C)c4ccc(F)c(C(F)(F)F)c4)CC3)cc2)cc1OC. The highest BCUT2D eigenvalue weighted by Crippen LogP contribution is 2.34. The van der Waals surface area contributed by atoms with Crippen LogP contribution in [-0.2, 0) is 24.1 Å². The second-order valence-corrected chi connectivity index (χ2v) is 10.2. The highest BCUT2D eigenvalue weighted by Gasteiger charge is 2.34. The fraction of sp³-hybridized carbons (Fsp3) is 0.281. The molecule has 0 unspecified atom stereocenters. The number of hydrogen-bond donors (Lipinski definition) is 0. The van der Waals surface area contributed by atoms with Crippen LogP contribution in [0.5, 0.6) is 11.5 Å². The zero-order valence-corrected chi connectivity index (χ0v) is 24.7. The monoisotopic (exact) mass is 612 g/mol. The summed E-state index contributed by atoms with van der Waals surface area (Å²) < 4.78 is 63.7. The number of allylic oxidation sites excluding steroid dienone is 1. The Balaban J connectivity index is 1.40. The lowest BCUT2D eigenvalue weighted by atomic mass is 10.0. The zero-order valence-electron chi connectivity index (χ0n) is 24.7. The van der Waals surface area contributed by atoms with Gasteiger partial charge in [0.1, 0.15) is 5.82 Å². The molecule has 0 aromatic heterocycles. The van der Waals surface area contributed by atoms with E-state index in [2.05, 4.69) is 5.10 Å². The second-order valence-electron chi connectivity index (χ2n) is 10.2. The predicted octanol–water partition coefficient (Wildman–Crippen LogP) is 5.91. The molecule has 4 rings (SSSR count). The van der Waals surface area contributed by atoms with Gasteiger partial charge in [0.15, 0.2) is 17.8 Å². The molecule has 1 amide bonds. The maximum Gasteiger partial charge on any atom is 0.419 e. The van der Waals surface area contributed by atoms with E-state index in [-0.39, 0.29) is 17.2 Å². The molecule has 8 nitrogen and oxygen atoms in total. The van der Waals surface area contributed by atoms with E-state index in [1.165, 1.54) is 18.1 Å². The number of anilines is 1. The molecule has 232 valence electrons. The van der Waals surface area contributed by atoms with Gasteiger partial charge < -0.3 is 19.3 Å². The van der Waals surface area contributed by atoms with Gasteiger partial charge >= 0.3 is 6.18 Å². The number of benzene rings is 3. The molecule has 0 atom stereocenters. The zero-order chi connectivity index (χ0) is 32.0. The third-order valence-electron chi connectivity index (χ3n) is 7.12. The molecule has 0 saturated carbocycles. The number of aldehydes is 1. The Bertz CT molecular complexity index is 1570. The Labute approximate surface area is 252 Å². The van der Waals surface area contributed by atoms with Gasteiger partial charge in [-0.25, -0.2) is 4.39 Å². The molecular formula is C32H32F4N4O4. The standard InChI is InChI=1S/C32H32F4N4O4/c1-38(17-22-7-12-29(43-3)30(15-22)44-4)31(42)23-8-5-21(6-9-23)18-40-14-13-28(24(19-40)20-41)37-39(2)25-10-11-27(33)26(16-25)32(34,35)36/h5-12,15-16,19-20H,13-14,17-18H2,1-4H3/b37-28-. The number of hydrazone groups is 1. The van der Waals surface area contributed by atoms with E-state index in [1.807, 2.05) is 29.2 Å². The van der Waals surface area contributed by atoms with Gasteiger partial charge in [0, 0.05) is 51.9 Å². The first-order valence-electron chi connectivity index (χ1n) is 13.6. The Kier molecular flexibility index (Phi) is 9.92. The van der Waals surface area contributed by atoms with Gasteiger partial charge in [-0.15, -0.1) is 0 Å². The summed E-state index contributed by atoms with van der Waals surface area (Å²) in [6, 6.07) is 15.3. The Morgan fingerprint density at radius 1 is 0.977 bits per heavy atom. The maximum absolute atomic E-state index is 13.7. The van der Waals surface area contributed by atoms with E-state index >= 15 is 0 Å². The van der Waals surface area contributed by atoms with Crippen molar-refractivity contribution < 1.29 is 36.6 Å². The van der Waals surface area contributed by atoms with Crippen LogP contribution in [0.4, 0.5) is 23.2 Å². The molecule has 3 aromatic carbocycles. The lowest BCUT2D eigenvalue weighted by molar-refractivity contribution is -0.139. The molecule has 0 bridgehead atoms. The minimum atomic E-state index is -4.85. The number of rotatable bonds is 10. The summed E-state index contributed by atoms with van der Waals surface area (Å²) in [7, 11) is 6.26. The van der Waals surface area contributed by atoms with Crippen molar-refractivity contribution in [3.63, 3.8) is 0 Å². The number of ether oxygens (including phenoxy) is 2. The van der Waals surface area contributed by atoms with E-state index in [1.54, 1.807) is 50.6 Å². The first-order chi connectivity index (χ1) is 20.9. The minimum Gasteiger partial charge on any atom is -0.493 e. The van der Waals surface area contributed by atoms with Gasteiger partial charge in [0.2, 0.25) is 0 Å². The number of alkyl halides is 3. The van der Waals surface area contributed by atoms with Crippen LogP contribution in [0.15, 0.2) is 77.5 Å². The van der Waals surface area contributed by atoms with E-state index in [9.17, 15) is 27.2 Å². The second kappa shape index (κ2) is 13.6. The maximum atomic E-state index is 13.7. The molecule has 0 aliphatic carbocycles. The molecule has 0 saturated heterocycles. The van der Waals surface area contributed by atoms with Crippen molar-refractivity contribution in [2.45, 2.75) is 25.7 Å². The molecule has 0 spiro atoms. The molecule has 44 heavy (non-hydrogen) atoms. The van der Waals surface area contributed by atoms with E-state index in [4.69, 9.17) is 9.47 Å². The van der Waals surface area contributed by atoms with E-state index < -0.39 is 17.6 Å².